The lowest BCUT2D eigenvalue weighted by Crippen LogP contribution is -2.48. The molecule has 2 aromatic rings. The number of hydrogen-bond acceptors (Lipinski definition) is 6. The van der Waals surface area contributed by atoms with Crippen LogP contribution in [0.1, 0.15) is 40.9 Å². The molecule has 1 aliphatic heterocycles. The van der Waals surface area contributed by atoms with E-state index >= 15 is 0 Å². The van der Waals surface area contributed by atoms with Crippen LogP contribution in [0.15, 0.2) is 18.6 Å². The third kappa shape index (κ3) is 3.17. The largest absolute Gasteiger partial charge is 0.483 e. The molecule has 132 valence electrons. The van der Waals surface area contributed by atoms with E-state index in [0.29, 0.717) is 18.1 Å². The van der Waals surface area contributed by atoms with E-state index in [9.17, 15) is 4.79 Å². The van der Waals surface area contributed by atoms with E-state index in [1.165, 1.54) is 5.56 Å². The first-order valence-corrected chi connectivity index (χ1v) is 8.07. The maximum Gasteiger partial charge on any atom is 0.290 e. The molecule has 1 spiro atoms. The number of amides is 1. The number of carbonyl (C=O) groups excluding carboxylic acids is 1. The predicted octanol–water partition coefficient (Wildman–Crippen LogP) is 0.603. The number of fused-ring (bicyclic) bond motifs is 2. The highest BCUT2D eigenvalue weighted by Gasteiger charge is 2.44. The van der Waals surface area contributed by atoms with Crippen molar-refractivity contribution in [1.29, 1.82) is 0 Å². The third-order valence-electron chi connectivity index (χ3n) is 4.87. The smallest absolute Gasteiger partial charge is 0.290 e. The standard InChI is InChI=1S/C15H18N6O.CH2O2/c16-14-17-6-10-2-4-15(12(10)20-14)3-1-5-21(9-15)13(22)11-7-18-19-8-11;2-1-3/h6-8H,1-5,9H2,(H,18,19)(H2,16,17,20);1H,(H,2,3). The molecule has 2 aliphatic rings. The fourth-order valence-electron chi connectivity index (χ4n) is 3.81. The monoisotopic (exact) mass is 344 g/mol. The lowest BCUT2D eigenvalue weighted by molar-refractivity contribution is -0.122. The lowest BCUT2D eigenvalue weighted by atomic mass is 9.77. The molecular weight excluding hydrogens is 324 g/mol. The van der Waals surface area contributed by atoms with Gasteiger partial charge < -0.3 is 15.7 Å². The lowest BCUT2D eigenvalue weighted by Gasteiger charge is -2.40. The molecule has 3 heterocycles. The minimum atomic E-state index is -0.250. The van der Waals surface area contributed by atoms with Gasteiger partial charge in [0.2, 0.25) is 5.95 Å². The van der Waals surface area contributed by atoms with Crippen LogP contribution in [-0.4, -0.2) is 55.6 Å². The second-order valence-corrected chi connectivity index (χ2v) is 6.31. The van der Waals surface area contributed by atoms with Crippen molar-refractivity contribution in [2.75, 3.05) is 18.8 Å². The zero-order valence-electron chi connectivity index (χ0n) is 13.7. The number of aromatic amines is 1. The number of H-pyrrole nitrogens is 1. The van der Waals surface area contributed by atoms with Crippen LogP contribution in [0.4, 0.5) is 5.95 Å². The van der Waals surface area contributed by atoms with E-state index in [4.69, 9.17) is 15.6 Å². The van der Waals surface area contributed by atoms with E-state index < -0.39 is 0 Å². The zero-order chi connectivity index (χ0) is 17.9. The summed E-state index contributed by atoms with van der Waals surface area (Å²) in [4.78, 5) is 31.5. The Hall–Kier alpha value is -2.97. The highest BCUT2D eigenvalue weighted by Crippen LogP contribution is 2.44. The molecule has 9 heteroatoms. The number of aryl methyl sites for hydroxylation is 1. The summed E-state index contributed by atoms with van der Waals surface area (Å²) in [6.07, 6.45) is 9.06. The van der Waals surface area contributed by atoms with Gasteiger partial charge in [0.15, 0.2) is 0 Å². The van der Waals surface area contributed by atoms with Gasteiger partial charge in [-0.3, -0.25) is 14.7 Å². The SMILES string of the molecule is Nc1ncc2c(n1)C1(CCCN(C(=O)c3cn[nH]c3)C1)CC2.O=CO. The van der Waals surface area contributed by atoms with Crippen molar-refractivity contribution in [2.45, 2.75) is 31.1 Å². The van der Waals surface area contributed by atoms with E-state index in [1.54, 1.807) is 12.4 Å². The van der Waals surface area contributed by atoms with Crippen molar-refractivity contribution in [3.63, 3.8) is 0 Å². The summed E-state index contributed by atoms with van der Waals surface area (Å²) < 4.78 is 0. The summed E-state index contributed by atoms with van der Waals surface area (Å²) in [5.41, 5.74) is 8.54. The Labute approximate surface area is 144 Å². The Morgan fingerprint density at radius 3 is 2.92 bits per heavy atom. The zero-order valence-corrected chi connectivity index (χ0v) is 13.7. The number of rotatable bonds is 1. The van der Waals surface area contributed by atoms with E-state index in [2.05, 4.69) is 20.2 Å². The third-order valence-corrected chi connectivity index (χ3v) is 4.87. The number of likely N-dealkylation sites (tertiary alicyclic amines) is 1. The van der Waals surface area contributed by atoms with Crippen molar-refractivity contribution in [1.82, 2.24) is 25.1 Å². The van der Waals surface area contributed by atoms with Crippen molar-refractivity contribution >= 4 is 18.3 Å². The van der Waals surface area contributed by atoms with Crippen LogP contribution in [0.3, 0.4) is 0 Å². The number of hydrogen-bond donors (Lipinski definition) is 3. The van der Waals surface area contributed by atoms with Crippen LogP contribution >= 0.6 is 0 Å². The molecule has 0 saturated carbocycles. The molecule has 0 bridgehead atoms. The Morgan fingerprint density at radius 2 is 2.20 bits per heavy atom. The molecular formula is C16H20N6O3. The summed E-state index contributed by atoms with van der Waals surface area (Å²) in [6, 6.07) is 0. The van der Waals surface area contributed by atoms with Gasteiger partial charge in [-0.1, -0.05) is 0 Å². The summed E-state index contributed by atoms with van der Waals surface area (Å²) in [7, 11) is 0. The number of nitrogen functional groups attached to an aromatic ring is 1. The van der Waals surface area contributed by atoms with Crippen LogP contribution in [0.5, 0.6) is 0 Å². The molecule has 1 fully saturated rings. The molecule has 2 aromatic heterocycles. The van der Waals surface area contributed by atoms with Crippen molar-refractivity contribution < 1.29 is 14.7 Å². The van der Waals surface area contributed by atoms with E-state index in [-0.39, 0.29) is 17.8 Å². The molecule has 0 radical (unpaired) electrons. The minimum absolute atomic E-state index is 0.0308. The first-order chi connectivity index (χ1) is 12.1. The molecule has 1 aliphatic carbocycles. The fourth-order valence-corrected chi connectivity index (χ4v) is 3.81. The Bertz CT molecular complexity index is 759. The van der Waals surface area contributed by atoms with E-state index in [1.807, 2.05) is 11.1 Å². The van der Waals surface area contributed by atoms with Crippen molar-refractivity contribution in [2.24, 2.45) is 0 Å². The number of nitrogens with one attached hydrogen (secondary N) is 1. The maximum absolute atomic E-state index is 12.6. The number of carboxylic acid groups (broad SMARTS) is 1. The number of nitrogens with zero attached hydrogens (tertiary/aromatic N) is 4. The Kier molecular flexibility index (Phi) is 4.64. The first-order valence-electron chi connectivity index (χ1n) is 8.07. The quantitative estimate of drug-likeness (QED) is 0.644. The molecule has 1 atom stereocenters. The van der Waals surface area contributed by atoms with Crippen LogP contribution < -0.4 is 5.73 Å². The van der Waals surface area contributed by atoms with Gasteiger partial charge >= 0.3 is 0 Å². The predicted molar refractivity (Wildman–Crippen MR) is 88.9 cm³/mol. The van der Waals surface area contributed by atoms with Crippen LogP contribution in [0, 0.1) is 0 Å². The van der Waals surface area contributed by atoms with Crippen LogP contribution in [-0.2, 0) is 16.6 Å². The number of piperidine rings is 1. The normalized spacial score (nSPS) is 21.4. The molecule has 1 unspecified atom stereocenters. The van der Waals surface area contributed by atoms with Gasteiger partial charge in [0, 0.05) is 30.9 Å². The van der Waals surface area contributed by atoms with Gasteiger partial charge in [0.25, 0.3) is 12.4 Å². The molecule has 0 aromatic carbocycles. The molecule has 4 rings (SSSR count). The fraction of sp³-hybridized carbons (Fsp3) is 0.438. The van der Waals surface area contributed by atoms with Gasteiger partial charge in [-0.2, -0.15) is 5.10 Å². The maximum atomic E-state index is 12.6. The number of aromatic nitrogens is 4. The molecule has 1 amide bonds. The number of carbonyl (C=O) groups is 2. The average molecular weight is 344 g/mol. The summed E-state index contributed by atoms with van der Waals surface area (Å²) in [6.45, 7) is 1.22. The second-order valence-electron chi connectivity index (χ2n) is 6.31. The summed E-state index contributed by atoms with van der Waals surface area (Å²) >= 11 is 0. The minimum Gasteiger partial charge on any atom is -0.483 e. The van der Waals surface area contributed by atoms with Gasteiger partial charge in [0.05, 0.1) is 17.5 Å². The summed E-state index contributed by atoms with van der Waals surface area (Å²) in [5.74, 6) is 0.349. The van der Waals surface area contributed by atoms with E-state index in [0.717, 1.165) is 37.9 Å². The van der Waals surface area contributed by atoms with Crippen LogP contribution in [0.25, 0.3) is 0 Å². The van der Waals surface area contributed by atoms with Crippen molar-refractivity contribution in [3.8, 4) is 0 Å². The molecule has 4 N–H and O–H groups in total. The molecule has 1 saturated heterocycles. The van der Waals surface area contributed by atoms with Gasteiger partial charge in [-0.25, -0.2) is 9.97 Å². The van der Waals surface area contributed by atoms with Crippen LogP contribution in [0.2, 0.25) is 0 Å². The Balaban J connectivity index is 0.000000569. The molecule has 9 nitrogen and oxygen atoms in total. The number of anilines is 1. The van der Waals surface area contributed by atoms with Gasteiger partial charge in [-0.05, 0) is 31.2 Å². The Morgan fingerprint density at radius 1 is 1.40 bits per heavy atom. The first kappa shape index (κ1) is 16.9. The topological polar surface area (TPSA) is 138 Å². The highest BCUT2D eigenvalue weighted by atomic mass is 16.3. The number of nitrogens with two attached hydrogens (primary N) is 1. The molecule has 25 heavy (non-hydrogen) atoms. The van der Waals surface area contributed by atoms with Gasteiger partial charge in [0.1, 0.15) is 0 Å². The average Bonchev–Trinajstić information content (AvgIpc) is 3.25. The van der Waals surface area contributed by atoms with Gasteiger partial charge in [-0.15, -0.1) is 0 Å². The highest BCUT2D eigenvalue weighted by molar-refractivity contribution is 5.93. The summed E-state index contributed by atoms with van der Waals surface area (Å²) in [5, 5.41) is 13.5. The van der Waals surface area contributed by atoms with Crippen molar-refractivity contribution in [3.05, 3.63) is 35.4 Å². The second kappa shape index (κ2) is 6.88.